The smallest absolute Gasteiger partial charge is 0.248 e. The molecule has 0 aliphatic carbocycles. The number of anilines is 2. The monoisotopic (exact) mass is 630 g/mol. The van der Waals surface area contributed by atoms with Crippen LogP contribution in [0.4, 0.5) is 20.2 Å². The number of carbonyl (C=O) groups is 3. The summed E-state index contributed by atoms with van der Waals surface area (Å²) in [6, 6.07) is 8.99. The second-order valence-electron chi connectivity index (χ2n) is 12.0. The summed E-state index contributed by atoms with van der Waals surface area (Å²) in [5, 5.41) is 8.66. The number of rotatable bonds is 6. The van der Waals surface area contributed by atoms with Crippen molar-refractivity contribution in [2.45, 2.75) is 50.6 Å². The third kappa shape index (κ3) is 5.21. The number of benzene rings is 3. The second kappa shape index (κ2) is 11.1. The van der Waals surface area contributed by atoms with Crippen LogP contribution in [0, 0.1) is 17.0 Å². The molecule has 226 valence electrons. The van der Waals surface area contributed by atoms with Crippen molar-refractivity contribution >= 4 is 52.3 Å². The van der Waals surface area contributed by atoms with E-state index in [1.165, 1.54) is 49.6 Å². The van der Waals surface area contributed by atoms with Gasteiger partial charge in [0.1, 0.15) is 22.8 Å². The predicted octanol–water partition coefficient (Wildman–Crippen LogP) is 5.77. The molecule has 1 saturated heterocycles. The molecule has 0 saturated carbocycles. The van der Waals surface area contributed by atoms with Gasteiger partial charge in [0.2, 0.25) is 17.7 Å². The van der Waals surface area contributed by atoms with Crippen LogP contribution in [0.2, 0.25) is 10.0 Å². The van der Waals surface area contributed by atoms with Crippen molar-refractivity contribution in [2.24, 2.45) is 11.1 Å². The van der Waals surface area contributed by atoms with Gasteiger partial charge in [0.05, 0.1) is 23.9 Å². The minimum atomic E-state index is -1.77. The highest BCUT2D eigenvalue weighted by Gasteiger charge is 2.67. The van der Waals surface area contributed by atoms with Gasteiger partial charge in [0.25, 0.3) is 0 Å². The van der Waals surface area contributed by atoms with E-state index in [0.29, 0.717) is 6.42 Å². The summed E-state index contributed by atoms with van der Waals surface area (Å²) in [5.41, 5.74) is 3.67. The van der Waals surface area contributed by atoms with Gasteiger partial charge < -0.3 is 26.4 Å². The molecule has 0 bridgehead atoms. The van der Waals surface area contributed by atoms with E-state index in [-0.39, 0.29) is 43.9 Å². The lowest BCUT2D eigenvalue weighted by Crippen LogP contribution is -2.50. The lowest BCUT2D eigenvalue weighted by Gasteiger charge is -2.37. The molecule has 3 amide bonds. The highest BCUT2D eigenvalue weighted by atomic mass is 35.5. The van der Waals surface area contributed by atoms with Crippen LogP contribution in [-0.4, -0.2) is 36.9 Å². The predicted molar refractivity (Wildman–Crippen MR) is 161 cm³/mol. The van der Waals surface area contributed by atoms with Crippen LogP contribution >= 0.6 is 23.2 Å². The maximum atomic E-state index is 16.0. The van der Waals surface area contributed by atoms with Crippen LogP contribution in [-0.2, 0) is 15.0 Å². The average molecular weight is 632 g/mol. The Morgan fingerprint density at radius 2 is 1.84 bits per heavy atom. The Balaban J connectivity index is 1.73. The van der Waals surface area contributed by atoms with Crippen LogP contribution in [0.3, 0.4) is 0 Å². The van der Waals surface area contributed by atoms with Crippen molar-refractivity contribution in [3.63, 3.8) is 0 Å². The molecule has 5 N–H and O–H groups in total. The molecule has 0 unspecified atom stereocenters. The van der Waals surface area contributed by atoms with E-state index in [2.05, 4.69) is 16.0 Å². The zero-order valence-electron chi connectivity index (χ0n) is 23.8. The first kappa shape index (κ1) is 30.7. The highest BCUT2D eigenvalue weighted by Crippen LogP contribution is 2.58. The maximum absolute atomic E-state index is 16.0. The number of halogens is 4. The highest BCUT2D eigenvalue weighted by molar-refractivity contribution is 6.31. The Kier molecular flexibility index (Phi) is 7.91. The molecule has 43 heavy (non-hydrogen) atoms. The first-order valence-corrected chi connectivity index (χ1v) is 14.2. The first-order chi connectivity index (χ1) is 20.2. The van der Waals surface area contributed by atoms with Gasteiger partial charge in [0.15, 0.2) is 0 Å². The number of fused-ring (bicyclic) bond motifs is 2. The molecular weight excluding hydrogens is 601 g/mol. The molecule has 5 rings (SSSR count). The van der Waals surface area contributed by atoms with Gasteiger partial charge in [-0.3, -0.25) is 14.4 Å². The SMILES string of the molecule is COc1cc(C(N)=O)ccc1NC(=O)[C@@H]1N[C@@H](CC(C)(C)C)[C@@]2(C(=O)Nc3cc(Cl)cc(F)c32)[C@H]1c1cccc(Cl)c1F. The molecule has 2 aliphatic heterocycles. The Hall–Kier alpha value is -3.73. The van der Waals surface area contributed by atoms with E-state index in [0.717, 1.165) is 6.07 Å². The molecule has 3 aromatic rings. The van der Waals surface area contributed by atoms with Crippen LogP contribution in [0.1, 0.15) is 54.6 Å². The molecule has 2 heterocycles. The summed E-state index contributed by atoms with van der Waals surface area (Å²) in [7, 11) is 1.36. The van der Waals surface area contributed by atoms with Gasteiger partial charge in [-0.25, -0.2) is 8.78 Å². The lowest BCUT2D eigenvalue weighted by atomic mass is 9.62. The number of nitrogens with two attached hydrogens (primary N) is 1. The van der Waals surface area contributed by atoms with Crippen molar-refractivity contribution in [2.75, 3.05) is 17.7 Å². The Labute approximate surface area is 257 Å². The molecule has 2 aliphatic rings. The molecule has 1 spiro atoms. The molecule has 0 aromatic heterocycles. The van der Waals surface area contributed by atoms with Gasteiger partial charge in [-0.15, -0.1) is 0 Å². The first-order valence-electron chi connectivity index (χ1n) is 13.5. The summed E-state index contributed by atoms with van der Waals surface area (Å²) in [6.45, 7) is 5.84. The quantitative estimate of drug-likeness (QED) is 0.275. The van der Waals surface area contributed by atoms with E-state index in [4.69, 9.17) is 33.7 Å². The van der Waals surface area contributed by atoms with Crippen molar-refractivity contribution in [1.29, 1.82) is 0 Å². The summed E-state index contributed by atoms with van der Waals surface area (Å²) in [6.07, 6.45) is 0.307. The fraction of sp³-hybridized carbons (Fsp3) is 0.323. The molecular formula is C31H30Cl2F2N4O4. The van der Waals surface area contributed by atoms with Crippen molar-refractivity contribution in [1.82, 2.24) is 5.32 Å². The Morgan fingerprint density at radius 3 is 2.49 bits per heavy atom. The van der Waals surface area contributed by atoms with Crippen molar-refractivity contribution in [3.8, 4) is 5.75 Å². The fourth-order valence-electron chi connectivity index (χ4n) is 6.39. The van der Waals surface area contributed by atoms with Gasteiger partial charge in [0, 0.05) is 33.8 Å². The molecule has 4 atom stereocenters. The third-order valence-corrected chi connectivity index (χ3v) is 8.52. The molecule has 8 nitrogen and oxygen atoms in total. The maximum Gasteiger partial charge on any atom is 0.248 e. The number of primary amides is 1. The normalized spacial score (nSPS) is 22.8. The molecule has 0 radical (unpaired) electrons. The second-order valence-corrected chi connectivity index (χ2v) is 12.8. The minimum absolute atomic E-state index is 0.00767. The molecule has 1 fully saturated rings. The number of ether oxygens (including phenoxy) is 1. The third-order valence-electron chi connectivity index (χ3n) is 8.01. The lowest BCUT2D eigenvalue weighted by molar-refractivity contribution is -0.122. The van der Waals surface area contributed by atoms with Crippen LogP contribution in [0.5, 0.6) is 5.75 Å². The standard InChI is InChI=1S/C31H30Cl2F2N4O4/c1-30(2,3)13-22-31(24-18(34)11-15(32)12-20(24)38-29(31)42)23(16-6-5-7-17(33)25(16)35)26(39-22)28(41)37-19-9-8-14(27(36)40)10-21(19)43-4/h5-12,22-23,26,39H,13H2,1-4H3,(H2,36,40)(H,37,41)(H,38,42)/t22-,23-,26+,31+/m0/s1. The number of methoxy groups -OCH3 is 1. The molecule has 3 aromatic carbocycles. The van der Waals surface area contributed by atoms with E-state index in [9.17, 15) is 14.4 Å². The van der Waals surface area contributed by atoms with Gasteiger partial charge in [-0.1, -0.05) is 56.1 Å². The fourth-order valence-corrected chi connectivity index (χ4v) is 6.77. The van der Waals surface area contributed by atoms with Gasteiger partial charge >= 0.3 is 0 Å². The summed E-state index contributed by atoms with van der Waals surface area (Å²) >= 11 is 12.4. The molecule has 12 heteroatoms. The number of hydrogen-bond donors (Lipinski definition) is 4. The van der Waals surface area contributed by atoms with E-state index in [1.807, 2.05) is 20.8 Å². The average Bonchev–Trinajstić information content (AvgIpc) is 3.39. The van der Waals surface area contributed by atoms with Gasteiger partial charge in [-0.05, 0) is 53.8 Å². The van der Waals surface area contributed by atoms with E-state index in [1.54, 1.807) is 0 Å². The number of amides is 3. The zero-order chi connectivity index (χ0) is 31.4. The summed E-state index contributed by atoms with van der Waals surface area (Å²) in [5.74, 6) is -4.65. The largest absolute Gasteiger partial charge is 0.495 e. The van der Waals surface area contributed by atoms with Gasteiger partial charge in [-0.2, -0.15) is 0 Å². The Morgan fingerprint density at radius 1 is 1.12 bits per heavy atom. The van der Waals surface area contributed by atoms with Crippen LogP contribution in [0.15, 0.2) is 48.5 Å². The minimum Gasteiger partial charge on any atom is -0.495 e. The number of nitrogens with one attached hydrogen (secondary N) is 3. The topological polar surface area (TPSA) is 123 Å². The van der Waals surface area contributed by atoms with Crippen molar-refractivity contribution < 1.29 is 27.9 Å². The number of hydrogen-bond acceptors (Lipinski definition) is 5. The van der Waals surface area contributed by atoms with E-state index >= 15 is 8.78 Å². The summed E-state index contributed by atoms with van der Waals surface area (Å²) in [4.78, 5) is 40.1. The van der Waals surface area contributed by atoms with Crippen molar-refractivity contribution in [3.05, 3.63) is 86.9 Å². The van der Waals surface area contributed by atoms with Crippen LogP contribution < -0.4 is 26.4 Å². The van der Waals surface area contributed by atoms with E-state index < -0.39 is 58.2 Å². The number of carbonyl (C=O) groups excluding carboxylic acids is 3. The Bertz CT molecular complexity index is 1660. The van der Waals surface area contributed by atoms with Crippen LogP contribution in [0.25, 0.3) is 0 Å². The zero-order valence-corrected chi connectivity index (χ0v) is 25.3. The summed E-state index contributed by atoms with van der Waals surface area (Å²) < 4.78 is 37.3.